The Morgan fingerprint density at radius 1 is 0.967 bits per heavy atom. The molecule has 7 nitrogen and oxygen atoms in total. The number of methoxy groups -OCH3 is 1. The van der Waals surface area contributed by atoms with E-state index < -0.39 is 11.9 Å². The van der Waals surface area contributed by atoms with Crippen molar-refractivity contribution >= 4 is 23.0 Å². The van der Waals surface area contributed by atoms with Crippen molar-refractivity contribution in [1.82, 2.24) is 14.8 Å². The van der Waals surface area contributed by atoms with Crippen LogP contribution in [-0.4, -0.2) is 33.8 Å². The molecule has 7 heteroatoms. The molecular weight excluding hydrogens is 382 g/mol. The summed E-state index contributed by atoms with van der Waals surface area (Å²) in [7, 11) is 3.10. The first-order valence-electron chi connectivity index (χ1n) is 9.28. The molecule has 0 saturated carbocycles. The highest BCUT2D eigenvalue weighted by Crippen LogP contribution is 2.28. The summed E-state index contributed by atoms with van der Waals surface area (Å²) in [5.74, 6) is -0.663. The van der Waals surface area contributed by atoms with E-state index in [4.69, 9.17) is 9.72 Å². The van der Waals surface area contributed by atoms with Gasteiger partial charge in [-0.15, -0.1) is 0 Å². The third kappa shape index (κ3) is 3.53. The zero-order chi connectivity index (χ0) is 21.3. The zero-order valence-corrected chi connectivity index (χ0v) is 16.7. The Kier molecular flexibility index (Phi) is 5.02. The van der Waals surface area contributed by atoms with Crippen LogP contribution in [0.25, 0.3) is 22.3 Å². The Morgan fingerprint density at radius 2 is 1.67 bits per heavy atom. The van der Waals surface area contributed by atoms with Crippen LogP contribution in [0.5, 0.6) is 5.75 Å². The fraction of sp³-hybridized carbons (Fsp3) is 0.130. The molecule has 0 saturated heterocycles. The largest absolute Gasteiger partial charge is 0.465 e. The van der Waals surface area contributed by atoms with Gasteiger partial charge in [-0.25, -0.2) is 14.6 Å². The minimum Gasteiger partial charge on any atom is -0.465 e. The van der Waals surface area contributed by atoms with Gasteiger partial charge in [-0.2, -0.15) is 5.10 Å². The second-order valence-corrected chi connectivity index (χ2v) is 6.73. The highest BCUT2D eigenvalue weighted by Gasteiger charge is 2.21. The van der Waals surface area contributed by atoms with E-state index in [1.807, 2.05) is 37.3 Å². The Labute approximate surface area is 172 Å². The lowest BCUT2D eigenvalue weighted by Gasteiger charge is -2.09. The third-order valence-electron chi connectivity index (χ3n) is 4.74. The Morgan fingerprint density at radius 3 is 2.33 bits per heavy atom. The summed E-state index contributed by atoms with van der Waals surface area (Å²) in [5.41, 5.74) is 3.57. The number of ether oxygens (including phenoxy) is 2. The van der Waals surface area contributed by atoms with Crippen LogP contribution in [0.4, 0.5) is 0 Å². The maximum absolute atomic E-state index is 13.1. The Balaban J connectivity index is 1.75. The fourth-order valence-corrected chi connectivity index (χ4v) is 3.30. The van der Waals surface area contributed by atoms with Crippen molar-refractivity contribution in [3.8, 4) is 17.0 Å². The first-order valence-corrected chi connectivity index (χ1v) is 9.28. The second-order valence-electron chi connectivity index (χ2n) is 6.73. The van der Waals surface area contributed by atoms with Crippen molar-refractivity contribution < 1.29 is 19.1 Å². The Hall–Kier alpha value is -4.00. The Bertz CT molecular complexity index is 1250. The lowest BCUT2D eigenvalue weighted by atomic mass is 10.1. The van der Waals surface area contributed by atoms with Crippen LogP contribution >= 0.6 is 0 Å². The van der Waals surface area contributed by atoms with Gasteiger partial charge in [-0.3, -0.25) is 4.68 Å². The maximum atomic E-state index is 13.1. The number of hydrogen-bond donors (Lipinski definition) is 0. The molecule has 0 aliphatic rings. The first kappa shape index (κ1) is 19.3. The summed E-state index contributed by atoms with van der Waals surface area (Å²) in [6.07, 6.45) is 0. The average Bonchev–Trinajstić information content (AvgIpc) is 3.07. The van der Waals surface area contributed by atoms with Gasteiger partial charge in [0, 0.05) is 12.6 Å². The van der Waals surface area contributed by atoms with Crippen LogP contribution in [-0.2, 0) is 11.8 Å². The van der Waals surface area contributed by atoms with Crippen molar-refractivity contribution in [2.45, 2.75) is 6.92 Å². The van der Waals surface area contributed by atoms with Crippen molar-refractivity contribution in [3.05, 3.63) is 77.5 Å². The van der Waals surface area contributed by atoms with Crippen LogP contribution in [0.1, 0.15) is 26.4 Å². The van der Waals surface area contributed by atoms with Crippen LogP contribution in [0.15, 0.2) is 60.7 Å². The van der Waals surface area contributed by atoms with Crippen molar-refractivity contribution in [2.75, 3.05) is 7.11 Å². The summed E-state index contributed by atoms with van der Waals surface area (Å²) in [5, 5.41) is 5.06. The molecule has 4 rings (SSSR count). The average molecular weight is 401 g/mol. The van der Waals surface area contributed by atoms with Gasteiger partial charge in [0.25, 0.3) is 0 Å². The molecular formula is C23H19N3O4. The van der Waals surface area contributed by atoms with Gasteiger partial charge in [0.15, 0.2) is 5.65 Å². The van der Waals surface area contributed by atoms with E-state index in [0.29, 0.717) is 39.3 Å². The van der Waals surface area contributed by atoms with E-state index in [1.54, 1.807) is 42.1 Å². The molecule has 0 N–H and O–H groups in total. The number of rotatable bonds is 4. The number of pyridine rings is 1. The molecule has 0 atom stereocenters. The molecule has 0 bridgehead atoms. The standard InChI is InChI=1S/C23H19N3O4/c1-14-20-18(23(28)30-17-11-9-16(10-12-17)22(27)29-3)13-19(15-7-5-4-6-8-15)24-21(20)26(2)25-14/h4-13H,1-3H3. The number of carbonyl (C=O) groups excluding carboxylic acids is 2. The van der Waals surface area contributed by atoms with Gasteiger partial charge in [-0.1, -0.05) is 30.3 Å². The van der Waals surface area contributed by atoms with Crippen LogP contribution in [0.2, 0.25) is 0 Å². The van der Waals surface area contributed by atoms with Gasteiger partial charge >= 0.3 is 11.9 Å². The third-order valence-corrected chi connectivity index (χ3v) is 4.74. The van der Waals surface area contributed by atoms with E-state index in [-0.39, 0.29) is 0 Å². The molecule has 0 aliphatic carbocycles. The fourth-order valence-electron chi connectivity index (χ4n) is 3.30. The van der Waals surface area contributed by atoms with Crippen molar-refractivity contribution in [1.29, 1.82) is 0 Å². The summed E-state index contributed by atoms with van der Waals surface area (Å²) in [4.78, 5) is 29.3. The normalized spacial score (nSPS) is 10.8. The number of aromatic nitrogens is 3. The van der Waals surface area contributed by atoms with Gasteiger partial charge in [0.05, 0.1) is 35.0 Å². The molecule has 0 unspecified atom stereocenters. The zero-order valence-electron chi connectivity index (χ0n) is 16.7. The topological polar surface area (TPSA) is 83.3 Å². The van der Waals surface area contributed by atoms with Gasteiger partial charge in [-0.05, 0) is 37.3 Å². The quantitative estimate of drug-likeness (QED) is 0.380. The summed E-state index contributed by atoms with van der Waals surface area (Å²) in [6, 6.07) is 17.5. The van der Waals surface area contributed by atoms with E-state index in [9.17, 15) is 9.59 Å². The van der Waals surface area contributed by atoms with Crippen molar-refractivity contribution in [3.63, 3.8) is 0 Å². The molecule has 4 aromatic rings. The summed E-state index contributed by atoms with van der Waals surface area (Å²) >= 11 is 0. The summed E-state index contributed by atoms with van der Waals surface area (Å²) in [6.45, 7) is 1.83. The highest BCUT2D eigenvalue weighted by molar-refractivity contribution is 6.05. The first-order chi connectivity index (χ1) is 14.5. The molecule has 0 spiro atoms. The van der Waals surface area contributed by atoms with Crippen LogP contribution in [0.3, 0.4) is 0 Å². The molecule has 0 radical (unpaired) electrons. The minimum absolute atomic E-state index is 0.320. The van der Waals surface area contributed by atoms with E-state index in [2.05, 4.69) is 9.84 Å². The summed E-state index contributed by atoms with van der Waals surface area (Å²) < 4.78 is 11.9. The molecule has 30 heavy (non-hydrogen) atoms. The van der Waals surface area contributed by atoms with Gasteiger partial charge in [0.2, 0.25) is 0 Å². The number of nitrogens with zero attached hydrogens (tertiary/aromatic N) is 3. The number of esters is 2. The lowest BCUT2D eigenvalue weighted by molar-refractivity contribution is 0.0600. The molecule has 0 amide bonds. The predicted molar refractivity (Wildman–Crippen MR) is 111 cm³/mol. The maximum Gasteiger partial charge on any atom is 0.344 e. The molecule has 2 aromatic carbocycles. The molecule has 2 heterocycles. The smallest absolute Gasteiger partial charge is 0.344 e. The molecule has 0 fully saturated rings. The number of aryl methyl sites for hydroxylation is 2. The lowest BCUT2D eigenvalue weighted by Crippen LogP contribution is -2.11. The van der Waals surface area contributed by atoms with Gasteiger partial charge < -0.3 is 9.47 Å². The number of carbonyl (C=O) groups is 2. The van der Waals surface area contributed by atoms with Crippen LogP contribution < -0.4 is 4.74 Å². The molecule has 2 aromatic heterocycles. The highest BCUT2D eigenvalue weighted by atomic mass is 16.5. The number of benzene rings is 2. The second kappa shape index (κ2) is 7.79. The van der Waals surface area contributed by atoms with Crippen molar-refractivity contribution in [2.24, 2.45) is 7.05 Å². The van der Waals surface area contributed by atoms with Crippen LogP contribution in [0, 0.1) is 6.92 Å². The van der Waals surface area contributed by atoms with E-state index in [0.717, 1.165) is 5.56 Å². The molecule has 0 aliphatic heterocycles. The number of fused-ring (bicyclic) bond motifs is 1. The van der Waals surface area contributed by atoms with E-state index in [1.165, 1.54) is 7.11 Å². The monoisotopic (exact) mass is 401 g/mol. The SMILES string of the molecule is COC(=O)c1ccc(OC(=O)c2cc(-c3ccccc3)nc3c2c(C)nn3C)cc1. The number of hydrogen-bond acceptors (Lipinski definition) is 6. The molecule has 150 valence electrons. The predicted octanol–water partition coefficient (Wildman–Crippen LogP) is 3.95. The van der Waals surface area contributed by atoms with E-state index >= 15 is 0 Å². The van der Waals surface area contributed by atoms with Gasteiger partial charge in [0.1, 0.15) is 5.75 Å². The minimum atomic E-state index is -0.526.